The molecule has 0 aliphatic heterocycles. The van der Waals surface area contributed by atoms with Crippen LogP contribution in [0.3, 0.4) is 0 Å². The first-order valence-electron chi connectivity index (χ1n) is 17.1. The monoisotopic (exact) mass is 697 g/mol. The number of hydrogen-bond donors (Lipinski definition) is 4. The van der Waals surface area contributed by atoms with Crippen LogP contribution in [0.25, 0.3) is 11.1 Å². The molecular weight excluding hydrogens is 654 g/mol. The van der Waals surface area contributed by atoms with E-state index in [1.165, 1.54) is 6.20 Å². The normalized spacial score (nSPS) is 10.7. The Morgan fingerprint density at radius 1 is 0.635 bits per heavy atom. The van der Waals surface area contributed by atoms with Gasteiger partial charge in [0.15, 0.2) is 0 Å². The number of nitrogens with one attached hydrogen (secondary N) is 2. The largest absolute Gasteiger partial charge is 0.489 e. The predicted octanol–water partition coefficient (Wildman–Crippen LogP) is 6.01. The number of ether oxygens (including phenoxy) is 3. The van der Waals surface area contributed by atoms with Gasteiger partial charge in [-0.2, -0.15) is 10.5 Å². The highest BCUT2D eigenvalue weighted by Crippen LogP contribution is 2.32. The molecule has 266 valence electrons. The van der Waals surface area contributed by atoms with Crippen molar-refractivity contribution >= 4 is 0 Å². The van der Waals surface area contributed by atoms with Crippen LogP contribution in [-0.2, 0) is 32.9 Å². The number of benzene rings is 4. The van der Waals surface area contributed by atoms with Gasteiger partial charge in [0.05, 0.1) is 24.3 Å². The summed E-state index contributed by atoms with van der Waals surface area (Å²) in [7, 11) is 0. The highest BCUT2D eigenvalue weighted by Gasteiger charge is 2.15. The fraction of sp³-hybridized carbons (Fsp3) is 0.262. The molecule has 0 saturated heterocycles. The maximum Gasteiger partial charge on any atom is 0.128 e. The number of aliphatic hydroxyl groups excluding tert-OH is 2. The van der Waals surface area contributed by atoms with E-state index in [0.29, 0.717) is 55.4 Å². The second-order valence-electron chi connectivity index (χ2n) is 12.3. The Morgan fingerprint density at radius 2 is 1.37 bits per heavy atom. The fourth-order valence-corrected chi connectivity index (χ4v) is 5.78. The van der Waals surface area contributed by atoms with Crippen molar-refractivity contribution in [2.45, 2.75) is 46.8 Å². The Morgan fingerprint density at radius 3 is 2.13 bits per heavy atom. The van der Waals surface area contributed by atoms with Crippen molar-refractivity contribution in [1.29, 1.82) is 10.5 Å². The van der Waals surface area contributed by atoms with Crippen molar-refractivity contribution in [3.63, 3.8) is 0 Å². The molecule has 52 heavy (non-hydrogen) atoms. The third-order valence-electron chi connectivity index (χ3n) is 8.42. The number of aliphatic hydroxyl groups is 2. The van der Waals surface area contributed by atoms with Crippen LogP contribution in [0.5, 0.6) is 17.2 Å². The highest BCUT2D eigenvalue weighted by molar-refractivity contribution is 5.72. The summed E-state index contributed by atoms with van der Waals surface area (Å²) in [4.78, 5) is 4.13. The second-order valence-corrected chi connectivity index (χ2v) is 12.3. The molecule has 10 nitrogen and oxygen atoms in total. The molecule has 0 radical (unpaired) electrons. The first-order valence-corrected chi connectivity index (χ1v) is 17.1. The molecule has 1 heterocycles. The topological polar surface area (TPSA) is 153 Å². The maximum atomic E-state index is 10.3. The lowest BCUT2D eigenvalue weighted by atomic mass is 9.95. The smallest absolute Gasteiger partial charge is 0.128 e. The third kappa shape index (κ3) is 10.2. The van der Waals surface area contributed by atoms with Gasteiger partial charge in [-0.15, -0.1) is 0 Å². The van der Waals surface area contributed by atoms with E-state index in [2.05, 4.69) is 33.8 Å². The molecule has 0 spiro atoms. The van der Waals surface area contributed by atoms with Crippen molar-refractivity contribution in [2.75, 3.05) is 26.3 Å². The zero-order chi connectivity index (χ0) is 36.7. The van der Waals surface area contributed by atoms with E-state index < -0.39 is 0 Å². The number of nitrogens with zero attached hydrogens (tertiary/aromatic N) is 3. The number of aryl methyl sites for hydroxylation is 2. The zero-order valence-electron chi connectivity index (χ0n) is 29.5. The van der Waals surface area contributed by atoms with Gasteiger partial charge in [0.25, 0.3) is 0 Å². The van der Waals surface area contributed by atoms with Gasteiger partial charge in [-0.1, -0.05) is 48.5 Å². The van der Waals surface area contributed by atoms with Gasteiger partial charge in [-0.25, -0.2) is 0 Å². The first kappa shape index (κ1) is 37.5. The molecule has 0 amide bonds. The molecule has 10 heteroatoms. The molecule has 0 atom stereocenters. The van der Waals surface area contributed by atoms with Crippen LogP contribution >= 0.6 is 0 Å². The van der Waals surface area contributed by atoms with Crippen LogP contribution in [0.1, 0.15) is 50.1 Å². The van der Waals surface area contributed by atoms with Crippen LogP contribution in [0.15, 0.2) is 91.3 Å². The maximum absolute atomic E-state index is 10.3. The molecule has 0 bridgehead atoms. The Labute approximate surface area is 304 Å². The highest BCUT2D eigenvalue weighted by atomic mass is 16.5. The van der Waals surface area contributed by atoms with E-state index in [9.17, 15) is 15.6 Å². The summed E-state index contributed by atoms with van der Waals surface area (Å²) in [6.45, 7) is 6.98. The summed E-state index contributed by atoms with van der Waals surface area (Å²) in [6, 6.07) is 29.9. The number of aromatic nitrogens is 1. The Hall–Kier alpha value is -5.75. The summed E-state index contributed by atoms with van der Waals surface area (Å²) >= 11 is 0. The molecule has 4 aromatic carbocycles. The van der Waals surface area contributed by atoms with Crippen molar-refractivity contribution in [3.8, 4) is 40.5 Å². The van der Waals surface area contributed by atoms with Gasteiger partial charge < -0.3 is 35.1 Å². The fourth-order valence-electron chi connectivity index (χ4n) is 5.78. The Kier molecular flexibility index (Phi) is 13.7. The molecule has 0 fully saturated rings. The number of pyridine rings is 1. The summed E-state index contributed by atoms with van der Waals surface area (Å²) in [5.74, 6) is 2.02. The van der Waals surface area contributed by atoms with Gasteiger partial charge in [0.2, 0.25) is 0 Å². The molecule has 0 aliphatic rings. The minimum absolute atomic E-state index is 0.0153. The van der Waals surface area contributed by atoms with Gasteiger partial charge in [-0.05, 0) is 71.5 Å². The second kappa shape index (κ2) is 19.0. The quantitative estimate of drug-likeness (QED) is 0.0802. The van der Waals surface area contributed by atoms with E-state index in [4.69, 9.17) is 19.3 Å². The Balaban J connectivity index is 1.31. The van der Waals surface area contributed by atoms with Crippen molar-refractivity contribution in [3.05, 3.63) is 141 Å². The van der Waals surface area contributed by atoms with E-state index in [1.807, 2.05) is 80.6 Å². The number of hydrogen-bond acceptors (Lipinski definition) is 10. The molecule has 4 N–H and O–H groups in total. The van der Waals surface area contributed by atoms with Crippen LogP contribution in [0.2, 0.25) is 0 Å². The Bertz CT molecular complexity index is 2050. The lowest BCUT2D eigenvalue weighted by molar-refractivity contribution is 0.281. The molecular formula is C42H43N5O5. The standard InChI is InChI=1S/C42H43N5O5/c1-29-15-31(22-45-11-13-48)9-10-40(29)50-26-32-5-3-6-35(18-32)38-8-4-7-36(39(38)21-44)28-52-41-19-42(37(16-30(41)2)25-46-12-14-49)51-27-34-17-33(20-43)23-47-24-34/h3-10,15-19,23-24,45-46,48-49H,11-14,22,25-28H2,1-2H3. The van der Waals surface area contributed by atoms with Crippen molar-refractivity contribution < 1.29 is 24.4 Å². The van der Waals surface area contributed by atoms with Crippen LogP contribution in [0.4, 0.5) is 0 Å². The average molecular weight is 698 g/mol. The predicted molar refractivity (Wildman–Crippen MR) is 198 cm³/mol. The zero-order valence-corrected chi connectivity index (χ0v) is 29.5. The van der Waals surface area contributed by atoms with E-state index in [1.54, 1.807) is 12.3 Å². The van der Waals surface area contributed by atoms with Gasteiger partial charge in [0, 0.05) is 61.3 Å². The van der Waals surface area contributed by atoms with E-state index in [0.717, 1.165) is 55.8 Å². The lowest BCUT2D eigenvalue weighted by Gasteiger charge is -2.18. The summed E-state index contributed by atoms with van der Waals surface area (Å²) in [5, 5.41) is 44.3. The first-order chi connectivity index (χ1) is 25.4. The molecule has 0 aliphatic carbocycles. The minimum atomic E-state index is 0.0153. The van der Waals surface area contributed by atoms with Gasteiger partial charge in [-0.3, -0.25) is 4.98 Å². The summed E-state index contributed by atoms with van der Waals surface area (Å²) in [6.07, 6.45) is 3.17. The van der Waals surface area contributed by atoms with E-state index in [-0.39, 0.29) is 26.4 Å². The number of rotatable bonds is 18. The molecule has 0 saturated carbocycles. The number of nitriles is 2. The minimum Gasteiger partial charge on any atom is -0.489 e. The van der Waals surface area contributed by atoms with Crippen LogP contribution < -0.4 is 24.8 Å². The molecule has 5 rings (SSSR count). The van der Waals surface area contributed by atoms with Crippen molar-refractivity contribution in [2.24, 2.45) is 0 Å². The van der Waals surface area contributed by atoms with E-state index >= 15 is 0 Å². The third-order valence-corrected chi connectivity index (χ3v) is 8.42. The van der Waals surface area contributed by atoms with Crippen LogP contribution in [-0.4, -0.2) is 41.5 Å². The lowest BCUT2D eigenvalue weighted by Crippen LogP contribution is -2.18. The summed E-state index contributed by atoms with van der Waals surface area (Å²) < 4.78 is 18.7. The SMILES string of the molecule is Cc1cc(CNCCO)ccc1OCc1cccc(-c2cccc(COc3cc(OCc4cncc(C#N)c4)c(CNCCO)cc3C)c2C#N)c1. The van der Waals surface area contributed by atoms with Crippen molar-refractivity contribution in [1.82, 2.24) is 15.6 Å². The summed E-state index contributed by atoms with van der Waals surface area (Å²) in [5.41, 5.74) is 9.13. The molecule has 0 unspecified atom stereocenters. The van der Waals surface area contributed by atoms with Gasteiger partial charge >= 0.3 is 0 Å². The molecule has 1 aromatic heterocycles. The van der Waals surface area contributed by atoms with Crippen LogP contribution in [0, 0.1) is 36.5 Å². The van der Waals surface area contributed by atoms with Gasteiger partial charge in [0.1, 0.15) is 49.2 Å². The molecule has 5 aromatic rings. The average Bonchev–Trinajstić information content (AvgIpc) is 3.17.